The summed E-state index contributed by atoms with van der Waals surface area (Å²) in [5, 5.41) is 0. The van der Waals surface area contributed by atoms with Crippen molar-refractivity contribution in [1.82, 2.24) is 0 Å². The molecule has 0 atom stereocenters. The van der Waals surface area contributed by atoms with Crippen LogP contribution in [0.25, 0.3) is 0 Å². The number of allylic oxidation sites excluding steroid dienone is 5. The number of hydrogen-bond donors (Lipinski definition) is 0. The molecule has 0 heterocycles. The summed E-state index contributed by atoms with van der Waals surface area (Å²) in [5.41, 5.74) is -0.139. The molecule has 0 bridgehead atoms. The first-order valence-corrected chi connectivity index (χ1v) is 4.86. The molecule has 0 aromatic rings. The average molecular weight is 192 g/mol. The van der Waals surface area contributed by atoms with Crippen LogP contribution in [0.5, 0.6) is 0 Å². The van der Waals surface area contributed by atoms with Crippen LogP contribution in [0.3, 0.4) is 0 Å². The van der Waals surface area contributed by atoms with Gasteiger partial charge < -0.3 is 4.74 Å². The zero-order valence-electron chi connectivity index (χ0n) is 9.42. The molecule has 0 saturated carbocycles. The summed E-state index contributed by atoms with van der Waals surface area (Å²) in [4.78, 5) is 0. The summed E-state index contributed by atoms with van der Waals surface area (Å²) in [5.74, 6) is 0.812. The van der Waals surface area contributed by atoms with E-state index in [-0.39, 0.29) is 5.60 Å². The minimum absolute atomic E-state index is 0.139. The van der Waals surface area contributed by atoms with Crippen LogP contribution in [0.15, 0.2) is 49.3 Å². The van der Waals surface area contributed by atoms with E-state index in [1.807, 2.05) is 18.2 Å². The molecule has 0 aromatic heterocycles. The van der Waals surface area contributed by atoms with Gasteiger partial charge in [-0.1, -0.05) is 38.3 Å². The number of hydrogen-bond acceptors (Lipinski definition) is 1. The van der Waals surface area contributed by atoms with Crippen molar-refractivity contribution in [3.8, 4) is 0 Å². The van der Waals surface area contributed by atoms with Crippen molar-refractivity contribution in [2.45, 2.75) is 32.8 Å². The number of ether oxygens (including phenoxy) is 1. The van der Waals surface area contributed by atoms with Gasteiger partial charge in [-0.2, -0.15) is 0 Å². The van der Waals surface area contributed by atoms with E-state index < -0.39 is 0 Å². The van der Waals surface area contributed by atoms with Crippen molar-refractivity contribution in [2.75, 3.05) is 0 Å². The topological polar surface area (TPSA) is 9.23 Å². The molecule has 0 aromatic carbocycles. The number of rotatable bonds is 6. The lowest BCUT2D eigenvalue weighted by molar-refractivity contribution is 0.0388. The van der Waals surface area contributed by atoms with Gasteiger partial charge in [0.2, 0.25) is 0 Å². The highest BCUT2D eigenvalue weighted by Gasteiger charge is 2.16. The maximum atomic E-state index is 5.78. The highest BCUT2D eigenvalue weighted by molar-refractivity contribution is 5.20. The van der Waals surface area contributed by atoms with Crippen LogP contribution in [-0.4, -0.2) is 5.60 Å². The van der Waals surface area contributed by atoms with Gasteiger partial charge in [-0.05, 0) is 32.4 Å². The van der Waals surface area contributed by atoms with E-state index in [0.717, 1.165) is 12.2 Å². The van der Waals surface area contributed by atoms with Crippen LogP contribution in [0, 0.1) is 0 Å². The molecule has 0 N–H and O–H groups in total. The Hall–Kier alpha value is -1.24. The largest absolute Gasteiger partial charge is 0.488 e. The lowest BCUT2D eigenvalue weighted by Crippen LogP contribution is -2.22. The van der Waals surface area contributed by atoms with Gasteiger partial charge in [-0.3, -0.25) is 0 Å². The molecule has 1 nitrogen and oxygen atoms in total. The Labute approximate surface area is 87.5 Å². The summed E-state index contributed by atoms with van der Waals surface area (Å²) < 4.78 is 5.78. The molecule has 0 amide bonds. The molecule has 1 heteroatoms. The van der Waals surface area contributed by atoms with Gasteiger partial charge in [-0.25, -0.2) is 0 Å². The van der Waals surface area contributed by atoms with E-state index >= 15 is 0 Å². The Morgan fingerprint density at radius 2 is 1.93 bits per heavy atom. The summed E-state index contributed by atoms with van der Waals surface area (Å²) >= 11 is 0. The predicted octanol–water partition coefficient (Wildman–Crippen LogP) is 4.00. The third kappa shape index (κ3) is 5.41. The SMILES string of the molecule is C=C/C=C\C(=C/C=C)OC(C)(C)CC. The molecule has 0 radical (unpaired) electrons. The summed E-state index contributed by atoms with van der Waals surface area (Å²) in [6.07, 6.45) is 9.97. The van der Waals surface area contributed by atoms with Crippen molar-refractivity contribution >= 4 is 0 Å². The highest BCUT2D eigenvalue weighted by Crippen LogP contribution is 2.19. The lowest BCUT2D eigenvalue weighted by atomic mass is 10.1. The quantitative estimate of drug-likeness (QED) is 0.456. The van der Waals surface area contributed by atoms with E-state index in [9.17, 15) is 0 Å². The molecule has 78 valence electrons. The third-order valence-corrected chi connectivity index (χ3v) is 1.92. The van der Waals surface area contributed by atoms with Gasteiger partial charge in [0.05, 0.1) is 0 Å². The zero-order valence-corrected chi connectivity index (χ0v) is 9.42. The van der Waals surface area contributed by atoms with Gasteiger partial charge in [0.15, 0.2) is 0 Å². The Balaban J connectivity index is 4.53. The second-order valence-electron chi connectivity index (χ2n) is 3.61. The predicted molar refractivity (Wildman–Crippen MR) is 63.1 cm³/mol. The smallest absolute Gasteiger partial charge is 0.120 e. The van der Waals surface area contributed by atoms with Crippen LogP contribution >= 0.6 is 0 Å². The minimum Gasteiger partial charge on any atom is -0.488 e. The van der Waals surface area contributed by atoms with Gasteiger partial charge in [-0.15, -0.1) is 0 Å². The first kappa shape index (κ1) is 12.8. The molecule has 0 unspecified atom stereocenters. The fourth-order valence-electron chi connectivity index (χ4n) is 0.794. The first-order valence-electron chi connectivity index (χ1n) is 4.86. The maximum absolute atomic E-state index is 5.78. The molecular formula is C13H20O. The van der Waals surface area contributed by atoms with E-state index in [1.54, 1.807) is 12.2 Å². The third-order valence-electron chi connectivity index (χ3n) is 1.92. The summed E-state index contributed by atoms with van der Waals surface area (Å²) in [6, 6.07) is 0. The van der Waals surface area contributed by atoms with Crippen molar-refractivity contribution in [3.63, 3.8) is 0 Å². The molecule has 0 aliphatic carbocycles. The fraction of sp³-hybridized carbons (Fsp3) is 0.385. The van der Waals surface area contributed by atoms with Gasteiger partial charge in [0.25, 0.3) is 0 Å². The van der Waals surface area contributed by atoms with Crippen LogP contribution in [0.1, 0.15) is 27.2 Å². The zero-order chi connectivity index (χ0) is 11.0. The van der Waals surface area contributed by atoms with Crippen molar-refractivity contribution in [3.05, 3.63) is 49.3 Å². The molecule has 14 heavy (non-hydrogen) atoms. The summed E-state index contributed by atoms with van der Waals surface area (Å²) in [7, 11) is 0. The minimum atomic E-state index is -0.139. The lowest BCUT2D eigenvalue weighted by Gasteiger charge is -2.25. The van der Waals surface area contributed by atoms with E-state index in [0.29, 0.717) is 0 Å². The Morgan fingerprint density at radius 3 is 2.36 bits per heavy atom. The second kappa shape index (κ2) is 6.25. The Bertz CT molecular complexity index is 244. The van der Waals surface area contributed by atoms with Crippen molar-refractivity contribution in [2.24, 2.45) is 0 Å². The normalized spacial score (nSPS) is 12.9. The van der Waals surface area contributed by atoms with Gasteiger partial charge >= 0.3 is 0 Å². The van der Waals surface area contributed by atoms with E-state index in [2.05, 4.69) is 33.9 Å². The molecule has 0 aliphatic heterocycles. The highest BCUT2D eigenvalue weighted by atomic mass is 16.5. The van der Waals surface area contributed by atoms with Crippen LogP contribution < -0.4 is 0 Å². The molecule has 0 rings (SSSR count). The van der Waals surface area contributed by atoms with Gasteiger partial charge in [0, 0.05) is 0 Å². The molecule has 0 saturated heterocycles. The molecule has 0 aliphatic rings. The Morgan fingerprint density at radius 1 is 1.29 bits per heavy atom. The summed E-state index contributed by atoms with van der Waals surface area (Å²) in [6.45, 7) is 13.5. The van der Waals surface area contributed by atoms with E-state index in [4.69, 9.17) is 4.74 Å². The van der Waals surface area contributed by atoms with Crippen LogP contribution in [0.2, 0.25) is 0 Å². The monoisotopic (exact) mass is 192 g/mol. The first-order chi connectivity index (χ1) is 6.55. The average Bonchev–Trinajstić information content (AvgIpc) is 2.14. The maximum Gasteiger partial charge on any atom is 0.120 e. The second-order valence-corrected chi connectivity index (χ2v) is 3.61. The Kier molecular flexibility index (Phi) is 5.70. The molecular weight excluding hydrogens is 172 g/mol. The van der Waals surface area contributed by atoms with Crippen molar-refractivity contribution < 1.29 is 4.74 Å². The standard InChI is InChI=1S/C13H20O/c1-6-9-11-12(10-7-2)14-13(4,5)8-3/h6-7,9-11H,1-2,8H2,3-5H3/b11-9-,12-10+. The van der Waals surface area contributed by atoms with E-state index in [1.165, 1.54) is 0 Å². The van der Waals surface area contributed by atoms with Crippen LogP contribution in [-0.2, 0) is 4.74 Å². The fourth-order valence-corrected chi connectivity index (χ4v) is 0.794. The van der Waals surface area contributed by atoms with Crippen molar-refractivity contribution in [1.29, 1.82) is 0 Å². The van der Waals surface area contributed by atoms with Crippen LogP contribution in [0.4, 0.5) is 0 Å². The van der Waals surface area contributed by atoms with Gasteiger partial charge in [0.1, 0.15) is 11.4 Å². The molecule has 0 fully saturated rings. The molecule has 0 spiro atoms.